The van der Waals surface area contributed by atoms with Gasteiger partial charge < -0.3 is 10.0 Å². The first-order valence-corrected chi connectivity index (χ1v) is 7.22. The van der Waals surface area contributed by atoms with Gasteiger partial charge in [-0.25, -0.2) is 0 Å². The number of non-ortho nitro benzene ring substituents is 1. The summed E-state index contributed by atoms with van der Waals surface area (Å²) in [5.74, 6) is -0.248. The molecule has 0 aliphatic rings. The summed E-state index contributed by atoms with van der Waals surface area (Å²) in [4.78, 5) is 24.3. The van der Waals surface area contributed by atoms with Gasteiger partial charge in [-0.15, -0.1) is 0 Å². The van der Waals surface area contributed by atoms with E-state index in [0.717, 1.165) is 5.56 Å². The van der Waals surface area contributed by atoms with Gasteiger partial charge in [0.25, 0.3) is 11.6 Å². The maximum absolute atomic E-state index is 12.6. The molecule has 1 amide bonds. The van der Waals surface area contributed by atoms with Crippen LogP contribution in [0, 0.1) is 10.1 Å². The predicted octanol–water partition coefficient (Wildman–Crippen LogP) is 2.79. The highest BCUT2D eigenvalue weighted by atomic mass is 16.6. The molecule has 2 aromatic rings. The van der Waals surface area contributed by atoms with Gasteiger partial charge in [0.1, 0.15) is 0 Å². The van der Waals surface area contributed by atoms with E-state index in [1.165, 1.54) is 24.3 Å². The lowest BCUT2D eigenvalue weighted by Gasteiger charge is -2.28. The van der Waals surface area contributed by atoms with E-state index in [2.05, 4.69) is 0 Å². The van der Waals surface area contributed by atoms with E-state index in [0.29, 0.717) is 12.0 Å². The van der Waals surface area contributed by atoms with E-state index < -0.39 is 4.92 Å². The molecule has 23 heavy (non-hydrogen) atoms. The summed E-state index contributed by atoms with van der Waals surface area (Å²) in [5, 5.41) is 20.0. The van der Waals surface area contributed by atoms with Gasteiger partial charge in [0.2, 0.25) is 0 Å². The van der Waals surface area contributed by atoms with Crippen molar-refractivity contribution in [3.63, 3.8) is 0 Å². The van der Waals surface area contributed by atoms with Crippen LogP contribution >= 0.6 is 0 Å². The molecular weight excluding hydrogens is 296 g/mol. The van der Waals surface area contributed by atoms with Crippen LogP contribution in [0.1, 0.15) is 28.4 Å². The van der Waals surface area contributed by atoms with Crippen molar-refractivity contribution in [1.29, 1.82) is 0 Å². The highest BCUT2D eigenvalue weighted by Gasteiger charge is 2.22. The number of carbonyl (C=O) groups excluding carboxylic acids is 1. The highest BCUT2D eigenvalue weighted by molar-refractivity contribution is 5.94. The van der Waals surface area contributed by atoms with E-state index in [4.69, 9.17) is 0 Å². The van der Waals surface area contributed by atoms with Crippen molar-refractivity contribution in [3.05, 3.63) is 75.8 Å². The van der Waals surface area contributed by atoms with Crippen LogP contribution in [0.4, 0.5) is 5.69 Å². The molecule has 6 heteroatoms. The fraction of sp³-hybridized carbons (Fsp3) is 0.235. The molecule has 0 heterocycles. The Morgan fingerprint density at radius 1 is 1.17 bits per heavy atom. The smallest absolute Gasteiger partial charge is 0.269 e. The molecule has 0 spiro atoms. The van der Waals surface area contributed by atoms with Gasteiger partial charge in [-0.1, -0.05) is 30.3 Å². The molecule has 0 aromatic heterocycles. The van der Waals surface area contributed by atoms with Crippen LogP contribution in [0.2, 0.25) is 0 Å². The van der Waals surface area contributed by atoms with Gasteiger partial charge in [0.05, 0.1) is 11.0 Å². The third-order valence-electron chi connectivity index (χ3n) is 3.70. The zero-order valence-corrected chi connectivity index (χ0v) is 12.8. The van der Waals surface area contributed by atoms with Crippen LogP contribution in [-0.4, -0.2) is 34.5 Å². The molecule has 1 N–H and O–H groups in total. The van der Waals surface area contributed by atoms with E-state index in [1.54, 1.807) is 11.9 Å². The van der Waals surface area contributed by atoms with Crippen molar-refractivity contribution in [2.24, 2.45) is 0 Å². The summed E-state index contributed by atoms with van der Waals surface area (Å²) in [7, 11) is 1.66. The number of nitrogens with zero attached hydrogens (tertiary/aromatic N) is 2. The van der Waals surface area contributed by atoms with Crippen LogP contribution in [0.5, 0.6) is 0 Å². The fourth-order valence-corrected chi connectivity index (χ4v) is 2.45. The average Bonchev–Trinajstić information content (AvgIpc) is 2.59. The summed E-state index contributed by atoms with van der Waals surface area (Å²) in [6.07, 6.45) is 0.416. The largest absolute Gasteiger partial charge is 0.396 e. The zero-order valence-electron chi connectivity index (χ0n) is 12.8. The lowest BCUT2D eigenvalue weighted by molar-refractivity contribution is -0.384. The molecule has 0 fully saturated rings. The lowest BCUT2D eigenvalue weighted by Crippen LogP contribution is -2.31. The van der Waals surface area contributed by atoms with Gasteiger partial charge >= 0.3 is 0 Å². The van der Waals surface area contributed by atoms with Crippen LogP contribution in [0.3, 0.4) is 0 Å². The number of hydrogen-bond donors (Lipinski definition) is 1. The molecule has 1 unspecified atom stereocenters. The molecule has 0 bridgehead atoms. The Morgan fingerprint density at radius 2 is 1.78 bits per heavy atom. The van der Waals surface area contributed by atoms with Crippen LogP contribution < -0.4 is 0 Å². The van der Waals surface area contributed by atoms with Crippen LogP contribution in [0.25, 0.3) is 0 Å². The number of nitro groups is 1. The second-order valence-electron chi connectivity index (χ2n) is 5.16. The molecule has 120 valence electrons. The molecule has 2 aromatic carbocycles. The molecule has 0 radical (unpaired) electrons. The van der Waals surface area contributed by atoms with Gasteiger partial charge in [0, 0.05) is 31.4 Å². The Kier molecular flexibility index (Phi) is 5.43. The van der Waals surface area contributed by atoms with Crippen molar-refractivity contribution in [2.45, 2.75) is 12.5 Å². The molecule has 1 atom stereocenters. The van der Waals surface area contributed by atoms with E-state index in [1.807, 2.05) is 30.3 Å². The zero-order chi connectivity index (χ0) is 16.8. The monoisotopic (exact) mass is 314 g/mol. The van der Waals surface area contributed by atoms with Crippen LogP contribution in [0.15, 0.2) is 54.6 Å². The summed E-state index contributed by atoms with van der Waals surface area (Å²) in [5.41, 5.74) is 1.25. The lowest BCUT2D eigenvalue weighted by atomic mass is 10.0. The molecular formula is C17H18N2O4. The van der Waals surface area contributed by atoms with Gasteiger partial charge in [-0.05, 0) is 24.1 Å². The highest BCUT2D eigenvalue weighted by Crippen LogP contribution is 2.25. The van der Waals surface area contributed by atoms with Crippen molar-refractivity contribution < 1.29 is 14.8 Å². The number of amides is 1. The Hall–Kier alpha value is -2.73. The Morgan fingerprint density at radius 3 is 2.30 bits per heavy atom. The van der Waals surface area contributed by atoms with Crippen molar-refractivity contribution >= 4 is 11.6 Å². The van der Waals surface area contributed by atoms with Gasteiger partial charge in [-0.3, -0.25) is 14.9 Å². The first-order valence-electron chi connectivity index (χ1n) is 7.22. The van der Waals surface area contributed by atoms with Gasteiger partial charge in [-0.2, -0.15) is 0 Å². The minimum atomic E-state index is -0.503. The van der Waals surface area contributed by atoms with E-state index in [9.17, 15) is 20.0 Å². The summed E-state index contributed by atoms with van der Waals surface area (Å²) in [6, 6.07) is 14.7. The van der Waals surface area contributed by atoms with Crippen molar-refractivity contribution in [3.8, 4) is 0 Å². The van der Waals surface area contributed by atoms with Crippen molar-refractivity contribution in [2.75, 3.05) is 13.7 Å². The third kappa shape index (κ3) is 3.92. The molecule has 0 saturated carbocycles. The SMILES string of the molecule is CN(C(=O)c1ccc([N+](=O)[O-])cc1)C(CCO)c1ccccc1. The topological polar surface area (TPSA) is 83.7 Å². The van der Waals surface area contributed by atoms with Crippen molar-refractivity contribution in [1.82, 2.24) is 4.90 Å². The van der Waals surface area contributed by atoms with Crippen LogP contribution in [-0.2, 0) is 0 Å². The first-order chi connectivity index (χ1) is 11.0. The number of hydrogen-bond acceptors (Lipinski definition) is 4. The average molecular weight is 314 g/mol. The molecule has 2 rings (SSSR count). The fourth-order valence-electron chi connectivity index (χ4n) is 2.45. The minimum Gasteiger partial charge on any atom is -0.396 e. The summed E-state index contributed by atoms with van der Waals surface area (Å²) >= 11 is 0. The number of aliphatic hydroxyl groups excluding tert-OH is 1. The maximum Gasteiger partial charge on any atom is 0.269 e. The number of rotatable bonds is 6. The second-order valence-corrected chi connectivity index (χ2v) is 5.16. The Balaban J connectivity index is 2.23. The van der Waals surface area contributed by atoms with E-state index >= 15 is 0 Å². The first kappa shape index (κ1) is 16.6. The summed E-state index contributed by atoms with van der Waals surface area (Å²) in [6.45, 7) is -0.0442. The molecule has 0 saturated heterocycles. The quantitative estimate of drug-likeness (QED) is 0.656. The number of aliphatic hydroxyl groups is 1. The maximum atomic E-state index is 12.6. The number of benzene rings is 2. The molecule has 0 aliphatic carbocycles. The number of carbonyl (C=O) groups is 1. The molecule has 0 aliphatic heterocycles. The molecule has 6 nitrogen and oxygen atoms in total. The van der Waals surface area contributed by atoms with E-state index in [-0.39, 0.29) is 24.2 Å². The number of nitro benzene ring substituents is 1. The second kappa shape index (κ2) is 7.51. The third-order valence-corrected chi connectivity index (χ3v) is 3.70. The Bertz CT molecular complexity index is 671. The predicted molar refractivity (Wildman–Crippen MR) is 86.1 cm³/mol. The van der Waals surface area contributed by atoms with Gasteiger partial charge in [0.15, 0.2) is 0 Å². The minimum absolute atomic E-state index is 0.0442. The summed E-state index contributed by atoms with van der Waals surface area (Å²) < 4.78 is 0. The normalized spacial score (nSPS) is 11.7. The Labute approximate surface area is 134 Å². The standard InChI is InChI=1S/C17H18N2O4/c1-18(16(11-12-20)13-5-3-2-4-6-13)17(21)14-7-9-15(10-8-14)19(22)23/h2-10,16,20H,11-12H2,1H3.